The molecule has 5 nitrogen and oxygen atoms in total. The Balaban J connectivity index is 1.41. The van der Waals surface area contributed by atoms with E-state index >= 15 is 0 Å². The van der Waals surface area contributed by atoms with E-state index in [1.165, 1.54) is 16.7 Å². The van der Waals surface area contributed by atoms with E-state index in [2.05, 4.69) is 57.1 Å². The molecule has 0 bridgehead atoms. The standard InChI is InChI=1S/C27H28N2O3/c1-17-6-7-19(14-18(17)2)26-29-23-15-21(10-13-24(23)32-26)28-25(30)16-31-22-11-8-20(9-12-22)27(3,4)5/h6-15H,16H2,1-5H3,(H,28,30). The SMILES string of the molecule is Cc1ccc(-c2nc3cc(NC(=O)COc4ccc(C(C)(C)C)cc4)ccc3o2)cc1C. The van der Waals surface area contributed by atoms with Crippen molar-refractivity contribution in [2.75, 3.05) is 11.9 Å². The molecule has 0 saturated carbocycles. The van der Waals surface area contributed by atoms with Crippen LogP contribution in [0.4, 0.5) is 5.69 Å². The molecule has 3 aromatic carbocycles. The lowest BCUT2D eigenvalue weighted by Crippen LogP contribution is -2.20. The molecule has 0 unspecified atom stereocenters. The summed E-state index contributed by atoms with van der Waals surface area (Å²) < 4.78 is 11.5. The van der Waals surface area contributed by atoms with Gasteiger partial charge in [-0.3, -0.25) is 4.79 Å². The molecule has 1 heterocycles. The quantitative estimate of drug-likeness (QED) is 0.398. The van der Waals surface area contributed by atoms with Crippen molar-refractivity contribution in [2.45, 2.75) is 40.0 Å². The van der Waals surface area contributed by atoms with Gasteiger partial charge < -0.3 is 14.5 Å². The maximum atomic E-state index is 12.4. The van der Waals surface area contributed by atoms with Gasteiger partial charge in [0.2, 0.25) is 5.89 Å². The normalized spacial score (nSPS) is 11.5. The summed E-state index contributed by atoms with van der Waals surface area (Å²) in [4.78, 5) is 17.0. The zero-order chi connectivity index (χ0) is 22.9. The van der Waals surface area contributed by atoms with E-state index in [4.69, 9.17) is 9.15 Å². The van der Waals surface area contributed by atoms with E-state index in [-0.39, 0.29) is 17.9 Å². The van der Waals surface area contributed by atoms with E-state index in [9.17, 15) is 4.79 Å². The van der Waals surface area contributed by atoms with Gasteiger partial charge in [-0.05, 0) is 78.4 Å². The van der Waals surface area contributed by atoms with E-state index < -0.39 is 0 Å². The maximum Gasteiger partial charge on any atom is 0.262 e. The Morgan fingerprint density at radius 2 is 1.72 bits per heavy atom. The molecule has 1 N–H and O–H groups in total. The van der Waals surface area contributed by atoms with Crippen LogP contribution in [0.15, 0.2) is 65.1 Å². The third-order valence-electron chi connectivity index (χ3n) is 5.52. The number of hydrogen-bond donors (Lipinski definition) is 1. The molecule has 0 aliphatic rings. The van der Waals surface area contributed by atoms with Crippen LogP contribution in [0.5, 0.6) is 5.75 Å². The van der Waals surface area contributed by atoms with Crippen molar-refractivity contribution in [3.63, 3.8) is 0 Å². The predicted molar refractivity (Wildman–Crippen MR) is 128 cm³/mol. The van der Waals surface area contributed by atoms with Crippen molar-refractivity contribution >= 4 is 22.7 Å². The average molecular weight is 429 g/mol. The fourth-order valence-corrected chi connectivity index (χ4v) is 3.40. The molecule has 0 spiro atoms. The number of amides is 1. The summed E-state index contributed by atoms with van der Waals surface area (Å²) in [6.07, 6.45) is 0. The van der Waals surface area contributed by atoms with Crippen LogP contribution in [-0.4, -0.2) is 17.5 Å². The molecule has 32 heavy (non-hydrogen) atoms. The number of nitrogens with zero attached hydrogens (tertiary/aromatic N) is 1. The highest BCUT2D eigenvalue weighted by atomic mass is 16.5. The molecule has 0 atom stereocenters. The minimum atomic E-state index is -0.234. The molecule has 0 saturated heterocycles. The Morgan fingerprint density at radius 1 is 0.969 bits per heavy atom. The van der Waals surface area contributed by atoms with Crippen LogP contribution >= 0.6 is 0 Å². The van der Waals surface area contributed by atoms with Crippen LogP contribution in [0.2, 0.25) is 0 Å². The molecule has 164 valence electrons. The number of carbonyl (C=O) groups excluding carboxylic acids is 1. The maximum absolute atomic E-state index is 12.4. The fraction of sp³-hybridized carbons (Fsp3) is 0.259. The second-order valence-electron chi connectivity index (χ2n) is 9.11. The first-order valence-corrected chi connectivity index (χ1v) is 10.7. The van der Waals surface area contributed by atoms with Crippen molar-refractivity contribution in [1.82, 2.24) is 4.98 Å². The summed E-state index contributed by atoms with van der Waals surface area (Å²) >= 11 is 0. The highest BCUT2D eigenvalue weighted by Crippen LogP contribution is 2.28. The highest BCUT2D eigenvalue weighted by molar-refractivity contribution is 5.94. The first kappa shape index (κ1) is 21.6. The van der Waals surface area contributed by atoms with Crippen molar-refractivity contribution in [3.8, 4) is 17.2 Å². The van der Waals surface area contributed by atoms with Gasteiger partial charge in [0.15, 0.2) is 12.2 Å². The number of nitrogens with one attached hydrogen (secondary N) is 1. The van der Waals surface area contributed by atoms with Gasteiger partial charge in [0, 0.05) is 11.3 Å². The van der Waals surface area contributed by atoms with E-state index in [1.807, 2.05) is 36.4 Å². The number of aromatic nitrogens is 1. The molecule has 0 fully saturated rings. The second kappa shape index (κ2) is 8.50. The van der Waals surface area contributed by atoms with Gasteiger partial charge in [-0.15, -0.1) is 0 Å². The zero-order valence-electron chi connectivity index (χ0n) is 19.2. The number of carbonyl (C=O) groups is 1. The molecule has 0 radical (unpaired) electrons. The van der Waals surface area contributed by atoms with E-state index in [1.54, 1.807) is 12.1 Å². The molecular weight excluding hydrogens is 400 g/mol. The summed E-state index contributed by atoms with van der Waals surface area (Å²) in [5.41, 5.74) is 6.65. The van der Waals surface area contributed by atoms with Gasteiger partial charge in [-0.25, -0.2) is 4.98 Å². The second-order valence-corrected chi connectivity index (χ2v) is 9.11. The molecule has 0 aliphatic heterocycles. The Kier molecular flexibility index (Phi) is 5.74. The number of ether oxygens (including phenoxy) is 1. The number of hydrogen-bond acceptors (Lipinski definition) is 4. The molecule has 0 aliphatic carbocycles. The smallest absolute Gasteiger partial charge is 0.262 e. The number of aryl methyl sites for hydroxylation is 2. The summed E-state index contributed by atoms with van der Waals surface area (Å²) in [5.74, 6) is 0.994. The van der Waals surface area contributed by atoms with Crippen LogP contribution in [0, 0.1) is 13.8 Å². The van der Waals surface area contributed by atoms with E-state index in [0.717, 1.165) is 5.56 Å². The van der Waals surface area contributed by atoms with Crippen LogP contribution in [-0.2, 0) is 10.2 Å². The largest absolute Gasteiger partial charge is 0.484 e. The minimum Gasteiger partial charge on any atom is -0.484 e. The Morgan fingerprint density at radius 3 is 2.41 bits per heavy atom. The minimum absolute atomic E-state index is 0.0698. The van der Waals surface area contributed by atoms with Gasteiger partial charge in [-0.2, -0.15) is 0 Å². The molecule has 1 aromatic heterocycles. The van der Waals surface area contributed by atoms with Gasteiger partial charge in [0.05, 0.1) is 0 Å². The lowest BCUT2D eigenvalue weighted by atomic mass is 9.87. The monoisotopic (exact) mass is 428 g/mol. The number of benzene rings is 3. The Bertz CT molecular complexity index is 1260. The van der Waals surface area contributed by atoms with Crippen molar-refractivity contribution in [2.24, 2.45) is 0 Å². The van der Waals surface area contributed by atoms with Gasteiger partial charge in [0.25, 0.3) is 5.91 Å². The van der Waals surface area contributed by atoms with Gasteiger partial charge in [0.1, 0.15) is 11.3 Å². The van der Waals surface area contributed by atoms with Crippen LogP contribution < -0.4 is 10.1 Å². The molecule has 5 heteroatoms. The predicted octanol–water partition coefficient (Wildman–Crippen LogP) is 6.43. The third kappa shape index (κ3) is 4.83. The summed E-state index contributed by atoms with van der Waals surface area (Å²) in [6.45, 7) is 10.5. The third-order valence-corrected chi connectivity index (χ3v) is 5.52. The summed E-state index contributed by atoms with van der Waals surface area (Å²) in [5, 5.41) is 2.86. The Labute approximate surface area is 188 Å². The van der Waals surface area contributed by atoms with E-state index in [0.29, 0.717) is 28.4 Å². The topological polar surface area (TPSA) is 64.4 Å². The lowest BCUT2D eigenvalue weighted by Gasteiger charge is -2.19. The first-order valence-electron chi connectivity index (χ1n) is 10.7. The number of anilines is 1. The number of oxazole rings is 1. The zero-order valence-corrected chi connectivity index (χ0v) is 19.2. The number of rotatable bonds is 5. The van der Waals surface area contributed by atoms with Crippen molar-refractivity contribution in [1.29, 1.82) is 0 Å². The molecule has 4 aromatic rings. The van der Waals surface area contributed by atoms with Crippen molar-refractivity contribution in [3.05, 3.63) is 77.4 Å². The molecule has 1 amide bonds. The Hall–Kier alpha value is -3.60. The number of fused-ring (bicyclic) bond motifs is 1. The van der Waals surface area contributed by atoms with Crippen LogP contribution in [0.3, 0.4) is 0 Å². The highest BCUT2D eigenvalue weighted by Gasteiger charge is 2.14. The van der Waals surface area contributed by atoms with Crippen LogP contribution in [0.1, 0.15) is 37.5 Å². The van der Waals surface area contributed by atoms with Gasteiger partial charge in [-0.1, -0.05) is 39.0 Å². The summed E-state index contributed by atoms with van der Waals surface area (Å²) in [7, 11) is 0. The lowest BCUT2D eigenvalue weighted by molar-refractivity contribution is -0.118. The first-order chi connectivity index (χ1) is 15.2. The molecular formula is C27H28N2O3. The van der Waals surface area contributed by atoms with Gasteiger partial charge >= 0.3 is 0 Å². The fourth-order valence-electron chi connectivity index (χ4n) is 3.40. The summed E-state index contributed by atoms with van der Waals surface area (Å²) in [6, 6.07) is 19.4. The molecule has 4 rings (SSSR count). The van der Waals surface area contributed by atoms with Crippen LogP contribution in [0.25, 0.3) is 22.6 Å². The average Bonchev–Trinajstić information content (AvgIpc) is 3.17. The van der Waals surface area contributed by atoms with Crippen molar-refractivity contribution < 1.29 is 13.9 Å².